The third-order valence-corrected chi connectivity index (χ3v) is 9.05. The summed E-state index contributed by atoms with van der Waals surface area (Å²) in [7, 11) is 0. The first-order valence-electron chi connectivity index (χ1n) is 22.7. The predicted octanol–water partition coefficient (Wildman–Crippen LogP) is 14.6. The van der Waals surface area contributed by atoms with E-state index in [1.165, 1.54) is 25.7 Å². The molecule has 0 radical (unpaired) electrons. The first-order valence-corrected chi connectivity index (χ1v) is 22.7. The molecule has 0 saturated heterocycles. The highest BCUT2D eigenvalue weighted by Gasteiger charge is 2.19. The van der Waals surface area contributed by atoms with Crippen molar-refractivity contribution < 1.29 is 28.6 Å². The van der Waals surface area contributed by atoms with Gasteiger partial charge in [0.1, 0.15) is 13.2 Å². The molecule has 0 fully saturated rings. The van der Waals surface area contributed by atoms with E-state index in [1.807, 2.05) is 0 Å². The fraction of sp³-hybridized carbons (Fsp3) is 0.627. The number of esters is 3. The monoisotopic (exact) mass is 791 g/mol. The van der Waals surface area contributed by atoms with Gasteiger partial charge in [-0.3, -0.25) is 14.4 Å². The van der Waals surface area contributed by atoms with Gasteiger partial charge in [-0.05, 0) is 109 Å². The third-order valence-electron chi connectivity index (χ3n) is 9.05. The summed E-state index contributed by atoms with van der Waals surface area (Å²) in [4.78, 5) is 37.7. The van der Waals surface area contributed by atoms with E-state index in [1.54, 1.807) is 0 Å². The molecule has 0 aromatic carbocycles. The van der Waals surface area contributed by atoms with E-state index in [2.05, 4.69) is 118 Å². The lowest BCUT2D eigenvalue weighted by molar-refractivity contribution is -0.167. The summed E-state index contributed by atoms with van der Waals surface area (Å²) in [5.74, 6) is -1.00. The highest BCUT2D eigenvalue weighted by atomic mass is 16.6. The van der Waals surface area contributed by atoms with Crippen LogP contribution in [0.4, 0.5) is 0 Å². The first kappa shape index (κ1) is 53.3. The average Bonchev–Trinajstić information content (AvgIpc) is 3.21. The zero-order valence-corrected chi connectivity index (χ0v) is 36.6. The number of allylic oxidation sites excluding steroid dienone is 16. The molecule has 6 nitrogen and oxygen atoms in total. The van der Waals surface area contributed by atoms with Crippen LogP contribution in [0.5, 0.6) is 0 Å². The molecule has 0 N–H and O–H groups in total. The van der Waals surface area contributed by atoms with Crippen molar-refractivity contribution >= 4 is 17.9 Å². The van der Waals surface area contributed by atoms with Crippen molar-refractivity contribution in [2.45, 2.75) is 194 Å². The number of rotatable bonds is 39. The van der Waals surface area contributed by atoms with E-state index < -0.39 is 6.10 Å². The second-order valence-corrected chi connectivity index (χ2v) is 14.5. The molecule has 0 amide bonds. The lowest BCUT2D eigenvalue weighted by Crippen LogP contribution is -2.30. The van der Waals surface area contributed by atoms with Crippen molar-refractivity contribution in [2.75, 3.05) is 13.2 Å². The molecule has 1 unspecified atom stereocenters. The molecular formula is C51H82O6. The summed E-state index contributed by atoms with van der Waals surface area (Å²) in [6.07, 6.45) is 58.2. The predicted molar refractivity (Wildman–Crippen MR) is 242 cm³/mol. The Balaban J connectivity index is 4.51. The van der Waals surface area contributed by atoms with Gasteiger partial charge in [-0.25, -0.2) is 0 Å². The number of ether oxygens (including phenoxy) is 3. The molecule has 0 aliphatic rings. The normalized spacial score (nSPS) is 13.0. The molecule has 0 aromatic rings. The number of hydrogen-bond acceptors (Lipinski definition) is 6. The van der Waals surface area contributed by atoms with Crippen molar-refractivity contribution in [1.29, 1.82) is 0 Å². The van der Waals surface area contributed by atoms with Gasteiger partial charge < -0.3 is 14.2 Å². The average molecular weight is 791 g/mol. The molecule has 0 aliphatic carbocycles. The summed E-state index contributed by atoms with van der Waals surface area (Å²) in [5.41, 5.74) is 0. The Bertz CT molecular complexity index is 1180. The van der Waals surface area contributed by atoms with Crippen molar-refractivity contribution in [3.05, 3.63) is 97.2 Å². The largest absolute Gasteiger partial charge is 0.462 e. The fourth-order valence-electron chi connectivity index (χ4n) is 5.66. The summed E-state index contributed by atoms with van der Waals surface area (Å²) in [5, 5.41) is 0. The van der Waals surface area contributed by atoms with Crippen LogP contribution in [0.25, 0.3) is 0 Å². The highest BCUT2D eigenvalue weighted by Crippen LogP contribution is 2.11. The topological polar surface area (TPSA) is 78.9 Å². The van der Waals surface area contributed by atoms with Crippen LogP contribution in [0.3, 0.4) is 0 Å². The Morgan fingerprint density at radius 2 is 0.684 bits per heavy atom. The van der Waals surface area contributed by atoms with Gasteiger partial charge in [0.05, 0.1) is 0 Å². The second-order valence-electron chi connectivity index (χ2n) is 14.5. The van der Waals surface area contributed by atoms with Crippen LogP contribution in [0.2, 0.25) is 0 Å². The summed E-state index contributed by atoms with van der Waals surface area (Å²) < 4.78 is 16.6. The minimum absolute atomic E-state index is 0.110. The molecule has 0 aromatic heterocycles. The summed E-state index contributed by atoms with van der Waals surface area (Å²) in [6, 6.07) is 0. The summed E-state index contributed by atoms with van der Waals surface area (Å²) >= 11 is 0. The lowest BCUT2D eigenvalue weighted by atomic mass is 10.1. The van der Waals surface area contributed by atoms with Gasteiger partial charge >= 0.3 is 17.9 Å². The van der Waals surface area contributed by atoms with Gasteiger partial charge in [-0.1, -0.05) is 157 Å². The molecule has 0 bridgehead atoms. The molecule has 0 spiro atoms. The number of carbonyl (C=O) groups is 3. The first-order chi connectivity index (χ1) is 28.0. The van der Waals surface area contributed by atoms with Gasteiger partial charge in [0.25, 0.3) is 0 Å². The van der Waals surface area contributed by atoms with E-state index in [-0.39, 0.29) is 37.5 Å². The van der Waals surface area contributed by atoms with Gasteiger partial charge in [0.15, 0.2) is 6.10 Å². The molecule has 0 saturated carbocycles. The second kappa shape index (κ2) is 45.0. The minimum atomic E-state index is -0.812. The molecule has 57 heavy (non-hydrogen) atoms. The van der Waals surface area contributed by atoms with Crippen LogP contribution < -0.4 is 0 Å². The van der Waals surface area contributed by atoms with E-state index >= 15 is 0 Å². The van der Waals surface area contributed by atoms with Gasteiger partial charge in [-0.2, -0.15) is 0 Å². The number of hydrogen-bond donors (Lipinski definition) is 0. The molecule has 0 aliphatic heterocycles. The van der Waals surface area contributed by atoms with E-state index in [0.717, 1.165) is 116 Å². The number of unbranched alkanes of at least 4 members (excludes halogenated alkanes) is 12. The van der Waals surface area contributed by atoms with Gasteiger partial charge in [0, 0.05) is 19.3 Å². The molecular weight excluding hydrogens is 709 g/mol. The smallest absolute Gasteiger partial charge is 0.306 e. The zero-order chi connectivity index (χ0) is 41.5. The van der Waals surface area contributed by atoms with Crippen LogP contribution >= 0.6 is 0 Å². The highest BCUT2D eigenvalue weighted by molar-refractivity contribution is 5.71. The van der Waals surface area contributed by atoms with Crippen LogP contribution in [-0.4, -0.2) is 37.2 Å². The van der Waals surface area contributed by atoms with Crippen molar-refractivity contribution in [3.8, 4) is 0 Å². The van der Waals surface area contributed by atoms with Crippen molar-refractivity contribution in [2.24, 2.45) is 0 Å². The maximum atomic E-state index is 12.7. The molecule has 0 heterocycles. The maximum Gasteiger partial charge on any atom is 0.306 e. The number of carbonyl (C=O) groups excluding carboxylic acids is 3. The Morgan fingerprint density at radius 3 is 1.14 bits per heavy atom. The SMILES string of the molecule is CC/C=C\C/C=C\C/C=C\C/C=C\CCCCCC(=O)OCC(COC(=O)CCCCCCC/C=C\CCCC)OC(=O)CCCC/C=C\C/C=C\C/C=C\CC. The maximum absolute atomic E-state index is 12.7. The Labute approximate surface area is 349 Å². The van der Waals surface area contributed by atoms with Crippen LogP contribution in [0, 0.1) is 0 Å². The Kier molecular flexibility index (Phi) is 42.1. The van der Waals surface area contributed by atoms with Crippen LogP contribution in [-0.2, 0) is 28.6 Å². The Hall–Kier alpha value is -3.67. The zero-order valence-electron chi connectivity index (χ0n) is 36.6. The van der Waals surface area contributed by atoms with E-state index in [9.17, 15) is 14.4 Å². The van der Waals surface area contributed by atoms with Crippen molar-refractivity contribution in [1.82, 2.24) is 0 Å². The van der Waals surface area contributed by atoms with Gasteiger partial charge in [0.2, 0.25) is 0 Å². The Morgan fingerprint density at radius 1 is 0.368 bits per heavy atom. The quantitative estimate of drug-likeness (QED) is 0.0267. The standard InChI is InChI=1S/C51H82O6/c1-4-7-10-13-16-19-22-24-25-26-27-30-32-35-38-41-44-50(53)56-47-48(46-55-49(52)43-40-37-34-31-28-21-18-15-12-9-6-3)57-51(54)45-42-39-36-33-29-23-20-17-14-11-8-5-2/h7-8,10-11,15-20,24-25,27,29-30,33,48H,4-6,9,12-14,21-23,26,28,31-32,34-47H2,1-3H3/b10-7-,11-8-,18-15-,19-16-,20-17-,25-24-,30-27-,33-29-. The molecule has 0 rings (SSSR count). The third kappa shape index (κ3) is 43.3. The van der Waals surface area contributed by atoms with Crippen LogP contribution in [0.15, 0.2) is 97.2 Å². The minimum Gasteiger partial charge on any atom is -0.462 e. The molecule has 6 heteroatoms. The molecule has 1 atom stereocenters. The summed E-state index contributed by atoms with van der Waals surface area (Å²) in [6.45, 7) is 6.27. The fourth-order valence-corrected chi connectivity index (χ4v) is 5.66. The lowest BCUT2D eigenvalue weighted by Gasteiger charge is -2.18. The van der Waals surface area contributed by atoms with Crippen molar-refractivity contribution in [3.63, 3.8) is 0 Å². The van der Waals surface area contributed by atoms with E-state index in [4.69, 9.17) is 14.2 Å². The molecule has 322 valence electrons. The van der Waals surface area contributed by atoms with Gasteiger partial charge in [-0.15, -0.1) is 0 Å². The van der Waals surface area contributed by atoms with Crippen LogP contribution in [0.1, 0.15) is 188 Å². The van der Waals surface area contributed by atoms with E-state index in [0.29, 0.717) is 19.3 Å².